The van der Waals surface area contributed by atoms with Crippen molar-refractivity contribution in [2.24, 2.45) is 5.92 Å². The Hall–Kier alpha value is -2.54. The first-order chi connectivity index (χ1) is 17.8. The summed E-state index contributed by atoms with van der Waals surface area (Å²) in [6, 6.07) is 5.60. The quantitative estimate of drug-likeness (QED) is 0.386. The first-order valence-corrected chi connectivity index (χ1v) is 13.6. The normalized spacial score (nSPS) is 19.2. The number of benzene rings is 1. The molecule has 1 aromatic carbocycles. The molecule has 9 nitrogen and oxygen atoms in total. The Morgan fingerprint density at radius 2 is 1.97 bits per heavy atom. The third kappa shape index (κ3) is 10.8. The number of aliphatic hydroxyl groups is 1. The van der Waals surface area contributed by atoms with E-state index in [4.69, 9.17) is 28.3 Å². The van der Waals surface area contributed by atoms with Crippen molar-refractivity contribution in [1.82, 2.24) is 15.5 Å². The second kappa shape index (κ2) is 17.8. The van der Waals surface area contributed by atoms with Gasteiger partial charge in [-0.2, -0.15) is 5.26 Å². The summed E-state index contributed by atoms with van der Waals surface area (Å²) in [7, 11) is 0. The fraction of sp³-hybridized carbons (Fsp3) is 0.615. The predicted octanol–water partition coefficient (Wildman–Crippen LogP) is 3.74. The molecule has 11 heteroatoms. The number of nitriles is 1. The Balaban J connectivity index is 0.00000104. The molecule has 1 aromatic rings. The highest BCUT2D eigenvalue weighted by Gasteiger charge is 2.35. The van der Waals surface area contributed by atoms with Crippen LogP contribution in [0.4, 0.5) is 5.69 Å². The van der Waals surface area contributed by atoms with E-state index < -0.39 is 12.1 Å². The highest BCUT2D eigenvalue weighted by Crippen LogP contribution is 2.26. The molecule has 3 amide bonds. The number of nitrogens with one attached hydrogen (secondary N) is 3. The van der Waals surface area contributed by atoms with E-state index in [2.05, 4.69) is 22.0 Å². The van der Waals surface area contributed by atoms with E-state index in [0.717, 1.165) is 12.8 Å². The number of nitrogens with zero attached hydrogens (tertiary/aromatic N) is 2. The first-order valence-electron chi connectivity index (χ1n) is 12.9. The van der Waals surface area contributed by atoms with Crippen LogP contribution in [-0.2, 0) is 14.4 Å². The fourth-order valence-corrected chi connectivity index (χ4v) is 4.48. The maximum absolute atomic E-state index is 12.8. The van der Waals surface area contributed by atoms with Crippen LogP contribution in [0.3, 0.4) is 0 Å². The summed E-state index contributed by atoms with van der Waals surface area (Å²) in [6.45, 7) is 7.34. The van der Waals surface area contributed by atoms with Crippen molar-refractivity contribution in [3.63, 3.8) is 0 Å². The van der Waals surface area contributed by atoms with Crippen LogP contribution < -0.4 is 16.0 Å². The number of carbonyl (C=O) groups is 3. The van der Waals surface area contributed by atoms with Gasteiger partial charge in [0, 0.05) is 30.6 Å². The smallest absolute Gasteiger partial charge is 0.243 e. The van der Waals surface area contributed by atoms with Gasteiger partial charge in [0.05, 0.1) is 23.3 Å². The Morgan fingerprint density at radius 1 is 1.27 bits per heavy atom. The second-order valence-corrected chi connectivity index (χ2v) is 9.35. The minimum atomic E-state index is -0.773. The standard InChI is InChI=1S/C21H25Cl2N5O3.C3H8O.C2H6/c22-14-5-6-17(16(23)10-14)26-12-19(29)28-8-2-4-18(28)21(31)27-15(11-24)9-13-3-1-7-25-20(13)30;1-2-3-4;1-2/h5-6,10,13,15,18,26H,1-4,7-9,12H2,(H,25,30)(H,27,31);4H,2-3H2,1H3;1-2H3. The van der Waals surface area contributed by atoms with Crippen molar-refractivity contribution >= 4 is 46.6 Å². The molecular weight excluding hydrogens is 517 g/mol. The van der Waals surface area contributed by atoms with Gasteiger partial charge in [0.25, 0.3) is 0 Å². The number of carbonyl (C=O) groups excluding carboxylic acids is 3. The van der Waals surface area contributed by atoms with Crippen LogP contribution in [0.5, 0.6) is 0 Å². The molecule has 2 aliphatic heterocycles. The van der Waals surface area contributed by atoms with Gasteiger partial charge in [0.2, 0.25) is 17.7 Å². The van der Waals surface area contributed by atoms with E-state index in [1.54, 1.807) is 18.2 Å². The summed E-state index contributed by atoms with van der Waals surface area (Å²) < 4.78 is 0. The van der Waals surface area contributed by atoms with Gasteiger partial charge in [-0.15, -0.1) is 0 Å². The topological polar surface area (TPSA) is 135 Å². The number of aliphatic hydroxyl groups excluding tert-OH is 1. The fourth-order valence-electron chi connectivity index (χ4n) is 4.00. The van der Waals surface area contributed by atoms with Crippen LogP contribution in [0.1, 0.15) is 59.3 Å². The second-order valence-electron chi connectivity index (χ2n) is 8.50. The van der Waals surface area contributed by atoms with Crippen LogP contribution in [-0.4, -0.2) is 66.1 Å². The molecule has 0 aromatic heterocycles. The van der Waals surface area contributed by atoms with Gasteiger partial charge >= 0.3 is 0 Å². The average Bonchev–Trinajstić information content (AvgIpc) is 3.40. The third-order valence-corrected chi connectivity index (χ3v) is 6.40. The molecule has 2 aliphatic rings. The molecular formula is C26H39Cl2N5O4. The van der Waals surface area contributed by atoms with E-state index in [-0.39, 0.29) is 36.6 Å². The van der Waals surface area contributed by atoms with Gasteiger partial charge in [0.15, 0.2) is 0 Å². The number of rotatable bonds is 8. The number of hydrogen-bond acceptors (Lipinski definition) is 6. The zero-order valence-electron chi connectivity index (χ0n) is 21.9. The van der Waals surface area contributed by atoms with Crippen LogP contribution in [0.15, 0.2) is 18.2 Å². The van der Waals surface area contributed by atoms with Gasteiger partial charge in [-0.05, 0) is 56.7 Å². The molecule has 2 saturated heterocycles. The summed E-state index contributed by atoms with van der Waals surface area (Å²) in [5.41, 5.74) is 0.579. The molecule has 3 rings (SSSR count). The SMILES string of the molecule is CC.CCCO.N#CC(CC1CCCNC1=O)NC(=O)C1CCCN1C(=O)CNc1ccc(Cl)cc1Cl. The summed E-state index contributed by atoms with van der Waals surface area (Å²) in [5.74, 6) is -0.958. The lowest BCUT2D eigenvalue weighted by molar-refractivity contribution is -0.137. The molecule has 206 valence electrons. The number of piperidine rings is 1. The maximum Gasteiger partial charge on any atom is 0.243 e. The molecule has 4 N–H and O–H groups in total. The van der Waals surface area contributed by atoms with Crippen LogP contribution in [0.25, 0.3) is 0 Å². The summed E-state index contributed by atoms with van der Waals surface area (Å²) >= 11 is 12.0. The minimum absolute atomic E-state index is 0.0188. The number of anilines is 1. The van der Waals surface area contributed by atoms with E-state index in [1.165, 1.54) is 4.90 Å². The van der Waals surface area contributed by atoms with E-state index >= 15 is 0 Å². The largest absolute Gasteiger partial charge is 0.396 e. The van der Waals surface area contributed by atoms with E-state index in [9.17, 15) is 19.6 Å². The summed E-state index contributed by atoms with van der Waals surface area (Å²) in [5, 5.41) is 26.7. The van der Waals surface area contributed by atoms with Gasteiger partial charge < -0.3 is 26.0 Å². The molecule has 3 unspecified atom stereocenters. The lowest BCUT2D eigenvalue weighted by Gasteiger charge is -2.27. The van der Waals surface area contributed by atoms with Gasteiger partial charge in [-0.1, -0.05) is 44.0 Å². The lowest BCUT2D eigenvalue weighted by atomic mass is 9.92. The molecule has 37 heavy (non-hydrogen) atoms. The summed E-state index contributed by atoms with van der Waals surface area (Å²) in [6.07, 6.45) is 3.94. The van der Waals surface area contributed by atoms with Gasteiger partial charge in [-0.25, -0.2) is 0 Å². The van der Waals surface area contributed by atoms with Crippen molar-refractivity contribution in [1.29, 1.82) is 5.26 Å². The van der Waals surface area contributed by atoms with Crippen LogP contribution in [0.2, 0.25) is 10.0 Å². The zero-order chi connectivity index (χ0) is 27.8. The minimum Gasteiger partial charge on any atom is -0.396 e. The molecule has 2 heterocycles. The van der Waals surface area contributed by atoms with Gasteiger partial charge in [0.1, 0.15) is 12.1 Å². The molecule has 2 fully saturated rings. The molecule has 0 bridgehead atoms. The number of hydrogen-bond donors (Lipinski definition) is 4. The van der Waals surface area contributed by atoms with E-state index in [0.29, 0.717) is 54.7 Å². The predicted molar refractivity (Wildman–Crippen MR) is 146 cm³/mol. The maximum atomic E-state index is 12.8. The molecule has 3 atom stereocenters. The Kier molecular flexibility index (Phi) is 15.7. The van der Waals surface area contributed by atoms with E-state index in [1.807, 2.05) is 20.8 Å². The lowest BCUT2D eigenvalue weighted by Crippen LogP contribution is -2.50. The van der Waals surface area contributed by atoms with Crippen LogP contribution in [0, 0.1) is 17.2 Å². The summed E-state index contributed by atoms with van der Waals surface area (Å²) in [4.78, 5) is 39.0. The molecule has 0 radical (unpaired) electrons. The number of halogens is 2. The number of amides is 3. The molecule has 0 spiro atoms. The highest BCUT2D eigenvalue weighted by molar-refractivity contribution is 6.36. The van der Waals surface area contributed by atoms with Crippen molar-refractivity contribution in [3.05, 3.63) is 28.2 Å². The third-order valence-electron chi connectivity index (χ3n) is 5.85. The highest BCUT2D eigenvalue weighted by atomic mass is 35.5. The van der Waals surface area contributed by atoms with Crippen molar-refractivity contribution in [2.45, 2.75) is 71.4 Å². The monoisotopic (exact) mass is 555 g/mol. The Labute approximate surface area is 229 Å². The van der Waals surface area contributed by atoms with Crippen molar-refractivity contribution < 1.29 is 19.5 Å². The van der Waals surface area contributed by atoms with Crippen molar-refractivity contribution in [2.75, 3.05) is 31.6 Å². The number of likely N-dealkylation sites (tertiary alicyclic amines) is 1. The Bertz CT molecular complexity index is 923. The first kappa shape index (κ1) is 32.5. The van der Waals surface area contributed by atoms with Crippen LogP contribution >= 0.6 is 23.2 Å². The van der Waals surface area contributed by atoms with Crippen molar-refractivity contribution in [3.8, 4) is 6.07 Å². The molecule has 0 aliphatic carbocycles. The zero-order valence-corrected chi connectivity index (χ0v) is 23.4. The molecule has 0 saturated carbocycles. The Morgan fingerprint density at radius 3 is 2.57 bits per heavy atom. The van der Waals surface area contributed by atoms with Gasteiger partial charge in [-0.3, -0.25) is 14.4 Å². The average molecular weight is 557 g/mol.